The monoisotopic (exact) mass is 222 g/mol. The van der Waals surface area contributed by atoms with Gasteiger partial charge >= 0.3 is 0 Å². The fourth-order valence-electron chi connectivity index (χ4n) is 2.98. The minimum Gasteiger partial charge on any atom is -0.390 e. The first kappa shape index (κ1) is 13.5. The lowest BCUT2D eigenvalue weighted by Crippen LogP contribution is -2.41. The molecule has 1 aliphatic carbocycles. The van der Waals surface area contributed by atoms with Gasteiger partial charge < -0.3 is 5.11 Å². The molecule has 1 nitrogen and oxygen atoms in total. The fourth-order valence-corrected chi connectivity index (χ4v) is 2.98. The fraction of sp³-hybridized carbons (Fsp3) is 0.733. The third-order valence-corrected chi connectivity index (χ3v) is 4.41. The zero-order chi connectivity index (χ0) is 12.6. The zero-order valence-electron chi connectivity index (χ0n) is 11.2. The van der Waals surface area contributed by atoms with E-state index in [9.17, 15) is 5.11 Å². The van der Waals surface area contributed by atoms with Gasteiger partial charge in [0, 0.05) is 0 Å². The van der Waals surface area contributed by atoms with Crippen LogP contribution in [0.25, 0.3) is 0 Å². The van der Waals surface area contributed by atoms with Crippen LogP contribution in [0, 0.1) is 17.3 Å². The molecule has 1 N–H and O–H groups in total. The number of aliphatic hydroxyl groups is 1. The highest BCUT2D eigenvalue weighted by Crippen LogP contribution is 2.49. The van der Waals surface area contributed by atoms with Crippen LogP contribution in [0.3, 0.4) is 0 Å². The van der Waals surface area contributed by atoms with Gasteiger partial charge in [-0.25, -0.2) is 0 Å². The molecule has 1 rings (SSSR count). The van der Waals surface area contributed by atoms with E-state index in [2.05, 4.69) is 33.1 Å². The van der Waals surface area contributed by atoms with E-state index in [1.54, 1.807) is 0 Å². The van der Waals surface area contributed by atoms with Crippen molar-refractivity contribution in [2.45, 2.75) is 52.6 Å². The van der Waals surface area contributed by atoms with E-state index in [1.807, 2.05) is 13.8 Å². The molecule has 0 aromatic heterocycles. The number of allylic oxidation sites excluding steroid dienone is 2. The summed E-state index contributed by atoms with van der Waals surface area (Å²) in [7, 11) is 0. The largest absolute Gasteiger partial charge is 0.390 e. The Labute approximate surface area is 100 Å². The van der Waals surface area contributed by atoms with Gasteiger partial charge in [0.2, 0.25) is 0 Å². The van der Waals surface area contributed by atoms with Crippen LogP contribution in [0.5, 0.6) is 0 Å². The molecule has 1 fully saturated rings. The van der Waals surface area contributed by atoms with Gasteiger partial charge in [0.05, 0.1) is 5.60 Å². The molecule has 0 aromatic carbocycles. The van der Waals surface area contributed by atoms with Crippen LogP contribution in [0.4, 0.5) is 0 Å². The number of rotatable bonds is 3. The van der Waals surface area contributed by atoms with E-state index in [0.717, 1.165) is 19.3 Å². The maximum Gasteiger partial charge on any atom is 0.0620 e. The summed E-state index contributed by atoms with van der Waals surface area (Å²) >= 11 is 0. The molecule has 0 heterocycles. The standard InChI is InChI=1S/C15H26O/c1-7-15(6)9-8-12(14(4,5)16)10-13(15)11(2)3/h7,12-13,16H,1-2,8-10H2,3-6H3/t12-,13+,15-/m0/s1. The molecule has 0 bridgehead atoms. The SMILES string of the molecule is C=C[C@@]1(C)CC[C@H](C(C)(C)O)C[C@@H]1C(=C)C. The zero-order valence-corrected chi connectivity index (χ0v) is 11.2. The first-order valence-electron chi connectivity index (χ1n) is 6.22. The van der Waals surface area contributed by atoms with Crippen LogP contribution in [-0.4, -0.2) is 10.7 Å². The van der Waals surface area contributed by atoms with E-state index in [0.29, 0.717) is 11.8 Å². The third kappa shape index (κ3) is 2.57. The van der Waals surface area contributed by atoms with Crippen molar-refractivity contribution in [1.29, 1.82) is 0 Å². The second-order valence-corrected chi connectivity index (χ2v) is 6.23. The van der Waals surface area contributed by atoms with E-state index >= 15 is 0 Å². The van der Waals surface area contributed by atoms with Crippen LogP contribution in [-0.2, 0) is 0 Å². The Balaban J connectivity index is 2.90. The molecule has 0 aromatic rings. The first-order chi connectivity index (χ1) is 7.20. The van der Waals surface area contributed by atoms with Crippen LogP contribution >= 0.6 is 0 Å². The Kier molecular flexibility index (Phi) is 3.69. The van der Waals surface area contributed by atoms with Crippen molar-refractivity contribution in [2.75, 3.05) is 0 Å². The molecular weight excluding hydrogens is 196 g/mol. The van der Waals surface area contributed by atoms with Crippen molar-refractivity contribution in [3.8, 4) is 0 Å². The molecule has 0 spiro atoms. The molecule has 0 saturated heterocycles. The van der Waals surface area contributed by atoms with Crippen LogP contribution in [0.1, 0.15) is 47.0 Å². The molecular formula is C15H26O. The first-order valence-corrected chi connectivity index (χ1v) is 6.22. The molecule has 1 heteroatoms. The quantitative estimate of drug-likeness (QED) is 0.717. The Morgan fingerprint density at radius 1 is 1.50 bits per heavy atom. The van der Waals surface area contributed by atoms with Gasteiger partial charge in [0.15, 0.2) is 0 Å². The van der Waals surface area contributed by atoms with Gasteiger partial charge in [-0.15, -0.1) is 6.58 Å². The summed E-state index contributed by atoms with van der Waals surface area (Å²) in [5.74, 6) is 0.831. The molecule has 0 aliphatic heterocycles. The van der Waals surface area contributed by atoms with Crippen LogP contribution < -0.4 is 0 Å². The highest BCUT2D eigenvalue weighted by atomic mass is 16.3. The minimum absolute atomic E-state index is 0.160. The minimum atomic E-state index is -0.573. The van der Waals surface area contributed by atoms with Crippen molar-refractivity contribution >= 4 is 0 Å². The topological polar surface area (TPSA) is 20.2 Å². The Morgan fingerprint density at radius 3 is 2.44 bits per heavy atom. The molecule has 1 aliphatic rings. The molecule has 0 amide bonds. The number of hydrogen-bond acceptors (Lipinski definition) is 1. The Morgan fingerprint density at radius 2 is 2.06 bits per heavy atom. The van der Waals surface area contributed by atoms with Crippen molar-refractivity contribution in [1.82, 2.24) is 0 Å². The third-order valence-electron chi connectivity index (χ3n) is 4.41. The lowest BCUT2D eigenvalue weighted by molar-refractivity contribution is -0.0244. The maximum atomic E-state index is 10.1. The van der Waals surface area contributed by atoms with Crippen molar-refractivity contribution in [3.63, 3.8) is 0 Å². The Hall–Kier alpha value is -0.560. The molecule has 1 saturated carbocycles. The second kappa shape index (κ2) is 4.37. The van der Waals surface area contributed by atoms with Gasteiger partial charge in [-0.3, -0.25) is 0 Å². The van der Waals surface area contributed by atoms with Gasteiger partial charge in [-0.1, -0.05) is 25.2 Å². The average Bonchev–Trinajstić information content (AvgIpc) is 2.16. The molecule has 92 valence electrons. The highest BCUT2D eigenvalue weighted by molar-refractivity contribution is 5.12. The summed E-state index contributed by atoms with van der Waals surface area (Å²) < 4.78 is 0. The predicted molar refractivity (Wildman–Crippen MR) is 70.2 cm³/mol. The summed E-state index contributed by atoms with van der Waals surface area (Å²) in [6.07, 6.45) is 5.28. The summed E-state index contributed by atoms with van der Waals surface area (Å²) in [4.78, 5) is 0. The smallest absolute Gasteiger partial charge is 0.0620 e. The molecule has 3 atom stereocenters. The van der Waals surface area contributed by atoms with E-state index < -0.39 is 5.60 Å². The maximum absolute atomic E-state index is 10.1. The van der Waals surface area contributed by atoms with Crippen LogP contribution in [0.2, 0.25) is 0 Å². The summed E-state index contributed by atoms with van der Waals surface area (Å²) in [6.45, 7) is 16.3. The van der Waals surface area contributed by atoms with E-state index in [1.165, 1.54) is 5.57 Å². The van der Waals surface area contributed by atoms with E-state index in [-0.39, 0.29) is 5.41 Å². The van der Waals surface area contributed by atoms with Crippen molar-refractivity contribution < 1.29 is 5.11 Å². The summed E-state index contributed by atoms with van der Waals surface area (Å²) in [5.41, 5.74) is 0.806. The van der Waals surface area contributed by atoms with E-state index in [4.69, 9.17) is 0 Å². The van der Waals surface area contributed by atoms with Gasteiger partial charge in [-0.2, -0.15) is 0 Å². The summed E-state index contributed by atoms with van der Waals surface area (Å²) in [6, 6.07) is 0. The second-order valence-electron chi connectivity index (χ2n) is 6.23. The lowest BCUT2D eigenvalue weighted by Gasteiger charge is -2.46. The predicted octanol–water partition coefficient (Wildman–Crippen LogP) is 3.94. The Bertz CT molecular complexity index is 284. The summed E-state index contributed by atoms with van der Waals surface area (Å²) in [5, 5.41) is 10.1. The highest BCUT2D eigenvalue weighted by Gasteiger charge is 2.42. The average molecular weight is 222 g/mol. The number of hydrogen-bond donors (Lipinski definition) is 1. The molecule has 0 radical (unpaired) electrons. The normalized spacial score (nSPS) is 35.8. The van der Waals surface area contributed by atoms with Gasteiger partial charge in [0.25, 0.3) is 0 Å². The van der Waals surface area contributed by atoms with Crippen LogP contribution in [0.15, 0.2) is 24.8 Å². The molecule has 16 heavy (non-hydrogen) atoms. The van der Waals surface area contributed by atoms with Crippen molar-refractivity contribution in [2.24, 2.45) is 17.3 Å². The lowest BCUT2D eigenvalue weighted by atomic mass is 9.60. The van der Waals surface area contributed by atoms with Gasteiger partial charge in [0.1, 0.15) is 0 Å². The van der Waals surface area contributed by atoms with Gasteiger partial charge in [-0.05, 0) is 57.3 Å². The van der Waals surface area contributed by atoms with Crippen molar-refractivity contribution in [3.05, 3.63) is 24.8 Å². The molecule has 0 unspecified atom stereocenters.